The number of nitrogen functional groups attached to an aromatic ring is 1. The zero-order valence-corrected chi connectivity index (χ0v) is 11.6. The molecule has 90 valence electrons. The number of hydrogen-bond donors (Lipinski definition) is 2. The van der Waals surface area contributed by atoms with Crippen LogP contribution in [-0.2, 0) is 11.3 Å². The van der Waals surface area contributed by atoms with E-state index in [0.717, 1.165) is 14.6 Å². The van der Waals surface area contributed by atoms with Crippen molar-refractivity contribution in [1.82, 2.24) is 14.9 Å². The van der Waals surface area contributed by atoms with E-state index in [-0.39, 0.29) is 5.91 Å². The number of imidazole rings is 1. The van der Waals surface area contributed by atoms with E-state index in [9.17, 15) is 4.79 Å². The van der Waals surface area contributed by atoms with Gasteiger partial charge in [0, 0.05) is 23.6 Å². The number of nitrogens with two attached hydrogens (primary N) is 1. The molecule has 5 nitrogen and oxygen atoms in total. The second-order valence-electron chi connectivity index (χ2n) is 3.68. The number of hydrogen-bond acceptors (Lipinski definition) is 3. The lowest BCUT2D eigenvalue weighted by Crippen LogP contribution is -2.19. The lowest BCUT2D eigenvalue weighted by molar-refractivity contribution is -0.120. The maximum absolute atomic E-state index is 11.2. The Balaban J connectivity index is 2.33. The molecule has 1 heterocycles. The molecule has 1 aromatic carbocycles. The van der Waals surface area contributed by atoms with Crippen LogP contribution in [0.4, 0.5) is 5.95 Å². The lowest BCUT2D eigenvalue weighted by atomic mass is 10.3. The van der Waals surface area contributed by atoms with Gasteiger partial charge in [-0.05, 0) is 40.8 Å². The first-order valence-corrected chi connectivity index (χ1v) is 6.31. The molecule has 1 amide bonds. The van der Waals surface area contributed by atoms with Crippen LogP contribution in [0.3, 0.4) is 0 Å². The molecule has 0 atom stereocenters. The topological polar surface area (TPSA) is 72.9 Å². The number of carbonyl (C=O) groups is 1. The minimum Gasteiger partial charge on any atom is -0.369 e. The number of nitrogens with zero attached hydrogens (tertiary/aromatic N) is 2. The third kappa shape index (κ3) is 2.51. The molecular formula is C11H13IN4O. The van der Waals surface area contributed by atoms with E-state index >= 15 is 0 Å². The van der Waals surface area contributed by atoms with E-state index in [4.69, 9.17) is 5.73 Å². The zero-order valence-electron chi connectivity index (χ0n) is 9.40. The largest absolute Gasteiger partial charge is 0.369 e. The number of aryl methyl sites for hydroxylation is 1. The Morgan fingerprint density at radius 3 is 3.06 bits per heavy atom. The predicted molar refractivity (Wildman–Crippen MR) is 75.5 cm³/mol. The van der Waals surface area contributed by atoms with Gasteiger partial charge in [0.2, 0.25) is 11.9 Å². The van der Waals surface area contributed by atoms with Gasteiger partial charge in [-0.3, -0.25) is 4.79 Å². The van der Waals surface area contributed by atoms with Crippen molar-refractivity contribution >= 4 is 45.5 Å². The third-order valence-electron chi connectivity index (χ3n) is 2.58. The summed E-state index contributed by atoms with van der Waals surface area (Å²) in [5.41, 5.74) is 7.68. The van der Waals surface area contributed by atoms with Crippen LogP contribution in [0.25, 0.3) is 11.0 Å². The number of halogens is 1. The Labute approximate surface area is 113 Å². The molecule has 2 aromatic rings. The maximum Gasteiger partial charge on any atom is 0.221 e. The molecule has 0 spiro atoms. The van der Waals surface area contributed by atoms with Crippen molar-refractivity contribution < 1.29 is 4.79 Å². The van der Waals surface area contributed by atoms with Crippen molar-refractivity contribution in [3.63, 3.8) is 0 Å². The van der Waals surface area contributed by atoms with E-state index in [0.29, 0.717) is 18.9 Å². The number of aromatic nitrogens is 2. The van der Waals surface area contributed by atoms with Crippen molar-refractivity contribution in [1.29, 1.82) is 0 Å². The van der Waals surface area contributed by atoms with Crippen LogP contribution in [0.15, 0.2) is 18.2 Å². The van der Waals surface area contributed by atoms with Gasteiger partial charge in [-0.25, -0.2) is 4.98 Å². The van der Waals surface area contributed by atoms with Crippen LogP contribution in [0.2, 0.25) is 0 Å². The van der Waals surface area contributed by atoms with Crippen LogP contribution in [0.5, 0.6) is 0 Å². The Hall–Kier alpha value is -1.31. The molecule has 0 saturated carbocycles. The Morgan fingerprint density at radius 1 is 1.59 bits per heavy atom. The number of rotatable bonds is 3. The first-order valence-electron chi connectivity index (χ1n) is 5.23. The van der Waals surface area contributed by atoms with Crippen molar-refractivity contribution in [2.24, 2.45) is 0 Å². The minimum atomic E-state index is -0.00300. The zero-order chi connectivity index (χ0) is 12.4. The number of fused-ring (bicyclic) bond motifs is 1. The Kier molecular flexibility index (Phi) is 3.51. The average molecular weight is 344 g/mol. The molecule has 0 aliphatic rings. The van der Waals surface area contributed by atoms with E-state index in [1.807, 2.05) is 22.8 Å². The quantitative estimate of drug-likeness (QED) is 0.826. The fourth-order valence-corrected chi connectivity index (χ4v) is 2.17. The monoisotopic (exact) mass is 344 g/mol. The SMILES string of the molecule is CNC(=O)CCn1c(N)nc2cc(I)ccc21. The highest BCUT2D eigenvalue weighted by atomic mass is 127. The summed E-state index contributed by atoms with van der Waals surface area (Å²) in [6, 6.07) is 5.95. The molecular weight excluding hydrogens is 331 g/mol. The van der Waals surface area contributed by atoms with Gasteiger partial charge in [0.15, 0.2) is 0 Å². The van der Waals surface area contributed by atoms with Crippen LogP contribution in [0, 0.1) is 3.57 Å². The van der Waals surface area contributed by atoms with Crippen molar-refractivity contribution in [3.8, 4) is 0 Å². The molecule has 17 heavy (non-hydrogen) atoms. The smallest absolute Gasteiger partial charge is 0.221 e. The molecule has 0 unspecified atom stereocenters. The first kappa shape index (κ1) is 12.2. The molecule has 0 bridgehead atoms. The van der Waals surface area contributed by atoms with E-state index in [1.165, 1.54) is 0 Å². The Morgan fingerprint density at radius 2 is 2.35 bits per heavy atom. The van der Waals surface area contributed by atoms with Crippen LogP contribution in [0.1, 0.15) is 6.42 Å². The predicted octanol–water partition coefficient (Wildman–Crippen LogP) is 1.36. The molecule has 3 N–H and O–H groups in total. The molecule has 0 aliphatic heterocycles. The standard InChI is InChI=1S/C11H13IN4O/c1-14-10(17)4-5-16-9-3-2-7(12)6-8(9)15-11(16)13/h2-3,6H,4-5H2,1H3,(H2,13,15)(H,14,17). The normalized spacial score (nSPS) is 10.7. The summed E-state index contributed by atoms with van der Waals surface area (Å²) >= 11 is 2.23. The average Bonchev–Trinajstić information content (AvgIpc) is 2.61. The maximum atomic E-state index is 11.2. The van der Waals surface area contributed by atoms with Crippen LogP contribution >= 0.6 is 22.6 Å². The highest BCUT2D eigenvalue weighted by molar-refractivity contribution is 14.1. The van der Waals surface area contributed by atoms with Gasteiger partial charge < -0.3 is 15.6 Å². The summed E-state index contributed by atoms with van der Waals surface area (Å²) < 4.78 is 2.98. The second kappa shape index (κ2) is 4.91. The number of carbonyl (C=O) groups excluding carboxylic acids is 1. The van der Waals surface area contributed by atoms with Gasteiger partial charge in [0.05, 0.1) is 11.0 Å². The molecule has 6 heteroatoms. The summed E-state index contributed by atoms with van der Waals surface area (Å²) in [4.78, 5) is 15.5. The van der Waals surface area contributed by atoms with E-state index in [1.54, 1.807) is 7.05 Å². The fraction of sp³-hybridized carbons (Fsp3) is 0.273. The molecule has 0 saturated heterocycles. The summed E-state index contributed by atoms with van der Waals surface area (Å²) in [7, 11) is 1.63. The molecule has 0 aliphatic carbocycles. The second-order valence-corrected chi connectivity index (χ2v) is 4.92. The number of amides is 1. The summed E-state index contributed by atoms with van der Waals surface area (Å²) in [6.45, 7) is 0.544. The highest BCUT2D eigenvalue weighted by Gasteiger charge is 2.09. The minimum absolute atomic E-state index is 0.00300. The van der Waals surface area contributed by atoms with Gasteiger partial charge in [0.1, 0.15) is 0 Å². The Bertz CT molecular complexity index is 564. The molecule has 1 aromatic heterocycles. The van der Waals surface area contributed by atoms with Gasteiger partial charge >= 0.3 is 0 Å². The fourth-order valence-electron chi connectivity index (χ4n) is 1.69. The molecule has 2 rings (SSSR count). The summed E-state index contributed by atoms with van der Waals surface area (Å²) in [5, 5.41) is 2.59. The van der Waals surface area contributed by atoms with Crippen molar-refractivity contribution in [3.05, 3.63) is 21.8 Å². The van der Waals surface area contributed by atoms with Gasteiger partial charge in [0.25, 0.3) is 0 Å². The van der Waals surface area contributed by atoms with Crippen molar-refractivity contribution in [2.75, 3.05) is 12.8 Å². The van der Waals surface area contributed by atoms with Gasteiger partial charge in [-0.15, -0.1) is 0 Å². The van der Waals surface area contributed by atoms with Gasteiger partial charge in [-0.1, -0.05) is 0 Å². The van der Waals surface area contributed by atoms with E-state index in [2.05, 4.69) is 32.9 Å². The molecule has 0 radical (unpaired) electrons. The van der Waals surface area contributed by atoms with Gasteiger partial charge in [-0.2, -0.15) is 0 Å². The number of nitrogens with one attached hydrogen (secondary N) is 1. The first-order chi connectivity index (χ1) is 8.11. The number of anilines is 1. The highest BCUT2D eigenvalue weighted by Crippen LogP contribution is 2.20. The number of benzene rings is 1. The van der Waals surface area contributed by atoms with Crippen LogP contribution in [-0.4, -0.2) is 22.5 Å². The van der Waals surface area contributed by atoms with Crippen molar-refractivity contribution in [2.45, 2.75) is 13.0 Å². The van der Waals surface area contributed by atoms with Crippen LogP contribution < -0.4 is 11.1 Å². The lowest BCUT2D eigenvalue weighted by Gasteiger charge is -2.05. The summed E-state index contributed by atoms with van der Waals surface area (Å²) in [5.74, 6) is 0.447. The molecule has 0 fully saturated rings. The third-order valence-corrected chi connectivity index (χ3v) is 3.25. The van der Waals surface area contributed by atoms with E-state index < -0.39 is 0 Å². The summed E-state index contributed by atoms with van der Waals surface area (Å²) in [6.07, 6.45) is 0.401.